The van der Waals surface area contributed by atoms with Crippen LogP contribution in [0.15, 0.2) is 48.8 Å². The molecular weight excluding hydrogens is 448 g/mol. The summed E-state index contributed by atoms with van der Waals surface area (Å²) in [6, 6.07) is 14.2. The van der Waals surface area contributed by atoms with E-state index in [-0.39, 0.29) is 11.9 Å². The number of ether oxygens (including phenoxy) is 1. The van der Waals surface area contributed by atoms with Crippen LogP contribution < -0.4 is 4.74 Å². The van der Waals surface area contributed by atoms with E-state index in [0.29, 0.717) is 30.3 Å². The molecule has 4 heterocycles. The number of fused-ring (bicyclic) bond motifs is 1. The summed E-state index contributed by atoms with van der Waals surface area (Å²) in [6.07, 6.45) is 4.90. The maximum Gasteiger partial charge on any atom is 0.316 e. The van der Waals surface area contributed by atoms with Gasteiger partial charge in [0.15, 0.2) is 0 Å². The normalized spacial score (nSPS) is 14.4. The lowest BCUT2D eigenvalue weighted by molar-refractivity contribution is -0.128. The smallest absolute Gasteiger partial charge is 0.316 e. The summed E-state index contributed by atoms with van der Waals surface area (Å²) < 4.78 is 6.80. The van der Waals surface area contributed by atoms with Crippen LogP contribution in [0.5, 0.6) is 6.01 Å². The van der Waals surface area contributed by atoms with Gasteiger partial charge in [0, 0.05) is 31.4 Å². The molecule has 1 aromatic carbocycles. The number of rotatable bonds is 7. The first-order valence-corrected chi connectivity index (χ1v) is 11.8. The van der Waals surface area contributed by atoms with Crippen LogP contribution in [0.4, 0.5) is 0 Å². The molecule has 1 fully saturated rings. The third-order valence-corrected chi connectivity index (χ3v) is 6.77. The second-order valence-corrected chi connectivity index (χ2v) is 9.26. The van der Waals surface area contributed by atoms with Crippen LogP contribution in [0, 0.1) is 18.3 Å². The fraction of sp³-hybridized carbons (Fsp3) is 0.280. The second-order valence-electron chi connectivity index (χ2n) is 8.20. The summed E-state index contributed by atoms with van der Waals surface area (Å²) in [5.74, 6) is -0.395. The van der Waals surface area contributed by atoms with Crippen molar-refractivity contribution in [2.45, 2.75) is 38.8 Å². The van der Waals surface area contributed by atoms with Gasteiger partial charge in [-0.3, -0.25) is 9.78 Å². The van der Waals surface area contributed by atoms with Gasteiger partial charge in [-0.25, -0.2) is 9.97 Å². The maximum atomic E-state index is 11.8. The fourth-order valence-electron chi connectivity index (χ4n) is 3.88. The van der Waals surface area contributed by atoms with Gasteiger partial charge in [-0.1, -0.05) is 24.3 Å². The Morgan fingerprint density at radius 3 is 2.76 bits per heavy atom. The summed E-state index contributed by atoms with van der Waals surface area (Å²) in [7, 11) is 0. The minimum Gasteiger partial charge on any atom is -0.459 e. The quantitative estimate of drug-likeness (QED) is 0.400. The lowest BCUT2D eigenvalue weighted by Crippen LogP contribution is -2.23. The molecule has 1 saturated heterocycles. The number of aromatic nitrogens is 4. The van der Waals surface area contributed by atoms with Gasteiger partial charge in [-0.05, 0) is 36.6 Å². The van der Waals surface area contributed by atoms with Gasteiger partial charge < -0.3 is 9.64 Å². The van der Waals surface area contributed by atoms with Crippen LogP contribution in [-0.4, -0.2) is 37.3 Å². The Kier molecular flexibility index (Phi) is 6.14. The van der Waals surface area contributed by atoms with E-state index in [0.717, 1.165) is 40.0 Å². The van der Waals surface area contributed by atoms with Gasteiger partial charge in [-0.2, -0.15) is 10.2 Å². The lowest BCUT2D eigenvalue weighted by Gasteiger charge is -2.15. The number of nitriles is 1. The number of hydrogen-bond acceptors (Lipinski definition) is 8. The molecule has 170 valence electrons. The van der Waals surface area contributed by atoms with Crippen LogP contribution in [0.2, 0.25) is 0 Å². The van der Waals surface area contributed by atoms with Crippen molar-refractivity contribution in [3.8, 4) is 12.1 Å². The summed E-state index contributed by atoms with van der Waals surface area (Å²) in [5.41, 5.74) is 4.29. The highest BCUT2D eigenvalue weighted by Gasteiger charge is 2.21. The van der Waals surface area contributed by atoms with Crippen LogP contribution in [0.1, 0.15) is 46.3 Å². The first-order chi connectivity index (χ1) is 16.6. The largest absolute Gasteiger partial charge is 0.459 e. The van der Waals surface area contributed by atoms with Crippen LogP contribution >= 0.6 is 11.3 Å². The van der Waals surface area contributed by atoms with Crippen molar-refractivity contribution < 1.29 is 9.53 Å². The van der Waals surface area contributed by atoms with E-state index < -0.39 is 5.92 Å². The molecule has 4 aromatic rings. The van der Waals surface area contributed by atoms with E-state index in [1.165, 1.54) is 11.3 Å². The topological polar surface area (TPSA) is 105 Å². The summed E-state index contributed by atoms with van der Waals surface area (Å²) >= 11 is 1.47. The predicted molar refractivity (Wildman–Crippen MR) is 127 cm³/mol. The zero-order valence-electron chi connectivity index (χ0n) is 18.6. The number of thiazole rings is 1. The first kappa shape index (κ1) is 21.9. The van der Waals surface area contributed by atoms with E-state index in [9.17, 15) is 10.1 Å². The van der Waals surface area contributed by atoms with E-state index in [4.69, 9.17) is 4.74 Å². The fourth-order valence-corrected chi connectivity index (χ4v) is 4.98. The summed E-state index contributed by atoms with van der Waals surface area (Å²) in [4.78, 5) is 31.2. The predicted octanol–water partition coefficient (Wildman–Crippen LogP) is 4.15. The Morgan fingerprint density at radius 1 is 1.18 bits per heavy atom. The van der Waals surface area contributed by atoms with Crippen molar-refractivity contribution in [1.29, 1.82) is 5.26 Å². The highest BCUT2D eigenvalue weighted by molar-refractivity contribution is 7.18. The average molecular weight is 471 g/mol. The molecule has 5 rings (SSSR count). The minimum absolute atomic E-state index is 0.211. The Balaban J connectivity index is 1.26. The van der Waals surface area contributed by atoms with Crippen molar-refractivity contribution in [2.24, 2.45) is 0 Å². The molecule has 9 heteroatoms. The van der Waals surface area contributed by atoms with Crippen LogP contribution in [0.25, 0.3) is 10.2 Å². The van der Waals surface area contributed by atoms with Gasteiger partial charge in [0.05, 0.1) is 28.2 Å². The van der Waals surface area contributed by atoms with Gasteiger partial charge >= 0.3 is 6.01 Å². The van der Waals surface area contributed by atoms with Crippen molar-refractivity contribution >= 4 is 27.5 Å². The van der Waals surface area contributed by atoms with Crippen molar-refractivity contribution in [3.05, 3.63) is 76.3 Å². The third-order valence-electron chi connectivity index (χ3n) is 5.69. The number of nitrogens with zero attached hydrogens (tertiary/aromatic N) is 6. The Labute approximate surface area is 200 Å². The summed E-state index contributed by atoms with van der Waals surface area (Å²) in [6.45, 7) is 3.70. The molecule has 0 aliphatic carbocycles. The molecule has 0 spiro atoms. The lowest BCUT2D eigenvalue weighted by atomic mass is 10.1. The monoisotopic (exact) mass is 470 g/mol. The first-order valence-electron chi connectivity index (χ1n) is 11.0. The van der Waals surface area contributed by atoms with Crippen molar-refractivity contribution in [2.75, 3.05) is 6.54 Å². The van der Waals surface area contributed by atoms with Crippen LogP contribution in [0.3, 0.4) is 0 Å². The molecule has 1 unspecified atom stereocenters. The molecule has 1 atom stereocenters. The molecule has 0 saturated carbocycles. The number of hydrogen-bond donors (Lipinski definition) is 0. The van der Waals surface area contributed by atoms with Crippen LogP contribution in [-0.2, 0) is 17.9 Å². The molecule has 3 aromatic heterocycles. The number of pyridine rings is 1. The second kappa shape index (κ2) is 9.53. The number of aryl methyl sites for hydroxylation is 1. The van der Waals surface area contributed by atoms with E-state index >= 15 is 0 Å². The molecule has 34 heavy (non-hydrogen) atoms. The number of carbonyl (C=O) groups excluding carboxylic acids is 1. The summed E-state index contributed by atoms with van der Waals surface area (Å²) in [5, 5.41) is 10.5. The molecule has 8 nitrogen and oxygen atoms in total. The standard InChI is InChI=1S/C25H22N6O2S/c1-16-11-22-21(13-28-16)29-24(34-22)19(12-26)20-8-9-27-25(30-20)33-15-18-6-4-17(5-7-18)14-31-10-2-3-23(31)32/h4-9,11,13,19H,2-3,10,14-15H2,1H3. The number of likely N-dealkylation sites (tertiary alicyclic amines) is 1. The maximum absolute atomic E-state index is 11.8. The average Bonchev–Trinajstić information content (AvgIpc) is 3.45. The molecule has 1 aliphatic rings. The molecule has 0 N–H and O–H groups in total. The molecule has 1 amide bonds. The van der Waals surface area contributed by atoms with Gasteiger partial charge in [0.25, 0.3) is 0 Å². The van der Waals surface area contributed by atoms with E-state index in [1.54, 1.807) is 18.5 Å². The Bertz CT molecular complexity index is 1380. The zero-order chi connectivity index (χ0) is 23.5. The third kappa shape index (κ3) is 4.72. The molecule has 0 radical (unpaired) electrons. The number of amides is 1. The van der Waals surface area contributed by atoms with Gasteiger partial charge in [-0.15, -0.1) is 11.3 Å². The highest BCUT2D eigenvalue weighted by atomic mass is 32.1. The SMILES string of the molecule is Cc1cc2sc(C(C#N)c3ccnc(OCc4ccc(CN5CCCC5=O)cc4)n3)nc2cn1. The van der Waals surface area contributed by atoms with Crippen molar-refractivity contribution in [1.82, 2.24) is 24.8 Å². The number of carbonyl (C=O) groups is 1. The van der Waals surface area contributed by atoms with E-state index in [2.05, 4.69) is 26.0 Å². The van der Waals surface area contributed by atoms with Crippen molar-refractivity contribution in [3.63, 3.8) is 0 Å². The number of benzene rings is 1. The highest BCUT2D eigenvalue weighted by Crippen LogP contribution is 2.31. The van der Waals surface area contributed by atoms with E-state index in [1.807, 2.05) is 42.2 Å². The Hall–Kier alpha value is -3.90. The van der Waals surface area contributed by atoms with Gasteiger partial charge in [0.1, 0.15) is 17.5 Å². The molecule has 1 aliphatic heterocycles. The Morgan fingerprint density at radius 2 is 2.00 bits per heavy atom. The van der Waals surface area contributed by atoms with Gasteiger partial charge in [0.2, 0.25) is 5.91 Å². The minimum atomic E-state index is -0.615. The zero-order valence-corrected chi connectivity index (χ0v) is 19.5. The molecular formula is C25H22N6O2S. The molecule has 0 bridgehead atoms.